The van der Waals surface area contributed by atoms with Crippen molar-refractivity contribution in [2.75, 3.05) is 0 Å². The molecule has 0 aliphatic heterocycles. The van der Waals surface area contributed by atoms with Crippen LogP contribution in [0.1, 0.15) is 53.4 Å². The number of hydrogen-bond acceptors (Lipinski definition) is 2. The summed E-state index contributed by atoms with van der Waals surface area (Å²) in [7, 11) is -9.28. The zero-order valence-corrected chi connectivity index (χ0v) is 12.2. The molecule has 0 aliphatic carbocycles. The first-order valence-corrected chi connectivity index (χ1v) is 8.11. The van der Waals surface area contributed by atoms with Gasteiger partial charge in [-0.25, -0.2) is 9.13 Å². The average Bonchev–Trinajstić information content (AvgIpc) is 1.99. The van der Waals surface area contributed by atoms with Gasteiger partial charge in [0.25, 0.3) is 0 Å². The average molecular weight is 330 g/mol. The first-order chi connectivity index (χ1) is 7.41. The van der Waals surface area contributed by atoms with E-state index in [1.165, 1.54) is 32.1 Å². The van der Waals surface area contributed by atoms with Gasteiger partial charge >= 0.3 is 15.6 Å². The smallest absolute Gasteiger partial charge is 0.412 e. The fourth-order valence-corrected chi connectivity index (χ4v) is 0.677. The molecule has 0 rings (SSSR count). The van der Waals surface area contributed by atoms with E-state index < -0.39 is 15.6 Å². The van der Waals surface area contributed by atoms with Crippen LogP contribution in [-0.2, 0) is 9.13 Å². The summed E-state index contributed by atoms with van der Waals surface area (Å²) in [6, 6.07) is 0. The van der Waals surface area contributed by atoms with Crippen LogP contribution < -0.4 is 0 Å². The van der Waals surface area contributed by atoms with E-state index in [4.69, 9.17) is 38.5 Å². The van der Waals surface area contributed by atoms with Gasteiger partial charge in [-0.3, -0.25) is 0 Å². The molecule has 0 radical (unpaired) electrons. The highest BCUT2D eigenvalue weighted by atomic mass is 31.2. The van der Waals surface area contributed by atoms with Crippen molar-refractivity contribution in [1.82, 2.24) is 0 Å². The molecule has 0 heterocycles. The Labute approximate surface area is 114 Å². The lowest BCUT2D eigenvalue weighted by molar-refractivity contribution is 0.272. The molecule has 0 saturated heterocycles. The molecule has 0 spiro atoms. The molecule has 0 atom stereocenters. The standard InChI is InChI=1S/C7H16.CH4.2H3O4P.H2O/c1-3-5-7-6-4-2;;2*1-5(2,3)4;/h3-7H2,1-2H3;1H4;2*(H3,1,2,3,4);1H2. The van der Waals surface area contributed by atoms with Crippen LogP contribution in [0.2, 0.25) is 0 Å². The van der Waals surface area contributed by atoms with E-state index in [0.717, 1.165) is 0 Å². The van der Waals surface area contributed by atoms with E-state index in [-0.39, 0.29) is 12.9 Å². The van der Waals surface area contributed by atoms with Crippen molar-refractivity contribution in [3.8, 4) is 0 Å². The molecular formula is C8H28O9P2. The topological polar surface area (TPSA) is 187 Å². The summed E-state index contributed by atoms with van der Waals surface area (Å²) in [6.45, 7) is 4.49. The Kier molecular flexibility index (Phi) is 30.2. The maximum Gasteiger partial charge on any atom is 0.466 e. The third kappa shape index (κ3) is 272. The molecule has 8 N–H and O–H groups in total. The van der Waals surface area contributed by atoms with Crippen molar-refractivity contribution in [3.05, 3.63) is 0 Å². The van der Waals surface area contributed by atoms with Gasteiger partial charge < -0.3 is 34.8 Å². The summed E-state index contributed by atoms with van der Waals surface area (Å²) in [5.74, 6) is 0. The lowest BCUT2D eigenvalue weighted by Crippen LogP contribution is -1.70. The highest BCUT2D eigenvalue weighted by Gasteiger charge is 2.00. The summed E-state index contributed by atoms with van der Waals surface area (Å²) < 4.78 is 17.8. The van der Waals surface area contributed by atoms with Gasteiger partial charge in [0.1, 0.15) is 0 Å². The molecule has 0 fully saturated rings. The molecular weight excluding hydrogens is 302 g/mol. The first-order valence-electron chi connectivity index (χ1n) is 4.98. The van der Waals surface area contributed by atoms with Crippen LogP contribution in [0.25, 0.3) is 0 Å². The van der Waals surface area contributed by atoms with Crippen molar-refractivity contribution in [3.63, 3.8) is 0 Å². The summed E-state index contributed by atoms with van der Waals surface area (Å²) >= 11 is 0. The van der Waals surface area contributed by atoms with Crippen LogP contribution >= 0.6 is 15.6 Å². The van der Waals surface area contributed by atoms with Crippen molar-refractivity contribution in [2.45, 2.75) is 53.4 Å². The van der Waals surface area contributed by atoms with E-state index in [2.05, 4.69) is 13.8 Å². The third-order valence-electron chi connectivity index (χ3n) is 1.21. The van der Waals surface area contributed by atoms with Gasteiger partial charge in [-0.05, 0) is 0 Å². The van der Waals surface area contributed by atoms with Crippen LogP contribution in [0.3, 0.4) is 0 Å². The number of hydrogen-bond donors (Lipinski definition) is 6. The second-order valence-corrected chi connectivity index (χ2v) is 5.14. The molecule has 19 heavy (non-hydrogen) atoms. The summed E-state index contributed by atoms with van der Waals surface area (Å²) in [6.07, 6.45) is 7.01. The highest BCUT2D eigenvalue weighted by Crippen LogP contribution is 2.26. The largest absolute Gasteiger partial charge is 0.466 e. The molecule has 0 aromatic rings. The zero-order chi connectivity index (χ0) is 14.5. The van der Waals surface area contributed by atoms with E-state index >= 15 is 0 Å². The summed E-state index contributed by atoms with van der Waals surface area (Å²) in [5.41, 5.74) is 0. The van der Waals surface area contributed by atoms with Crippen LogP contribution in [-0.4, -0.2) is 34.8 Å². The van der Waals surface area contributed by atoms with Crippen LogP contribution in [0.5, 0.6) is 0 Å². The molecule has 11 heteroatoms. The van der Waals surface area contributed by atoms with Gasteiger partial charge in [0.15, 0.2) is 0 Å². The fourth-order valence-electron chi connectivity index (χ4n) is 0.677. The Bertz CT molecular complexity index is 194. The minimum Gasteiger partial charge on any atom is -0.412 e. The monoisotopic (exact) mass is 330 g/mol. The Morgan fingerprint density at radius 2 is 0.842 bits per heavy atom. The van der Waals surface area contributed by atoms with E-state index in [1.807, 2.05) is 0 Å². The fraction of sp³-hybridized carbons (Fsp3) is 1.00. The van der Waals surface area contributed by atoms with E-state index in [0.29, 0.717) is 0 Å². The molecule has 0 aliphatic rings. The predicted molar refractivity (Wildman–Crippen MR) is 73.3 cm³/mol. The van der Waals surface area contributed by atoms with Crippen molar-refractivity contribution < 1.29 is 44.0 Å². The molecule has 0 bridgehead atoms. The minimum atomic E-state index is -4.64. The van der Waals surface area contributed by atoms with E-state index in [1.54, 1.807) is 0 Å². The third-order valence-corrected chi connectivity index (χ3v) is 1.21. The maximum absolute atomic E-state index is 8.88. The van der Waals surface area contributed by atoms with Gasteiger partial charge in [-0.2, -0.15) is 0 Å². The zero-order valence-electron chi connectivity index (χ0n) is 10.4. The minimum absolute atomic E-state index is 0. The lowest BCUT2D eigenvalue weighted by atomic mass is 10.2. The second kappa shape index (κ2) is 18.2. The van der Waals surface area contributed by atoms with Gasteiger partial charge in [0.05, 0.1) is 0 Å². The normalized spacial score (nSPS) is 9.68. The van der Waals surface area contributed by atoms with Gasteiger partial charge in [0.2, 0.25) is 0 Å². The van der Waals surface area contributed by atoms with Crippen molar-refractivity contribution >= 4 is 15.6 Å². The van der Waals surface area contributed by atoms with Gasteiger partial charge in [-0.1, -0.05) is 53.4 Å². The number of phosphoric acid groups is 2. The Hall–Kier alpha value is 0.180. The highest BCUT2D eigenvalue weighted by molar-refractivity contribution is 7.45. The van der Waals surface area contributed by atoms with Gasteiger partial charge in [-0.15, -0.1) is 0 Å². The summed E-state index contributed by atoms with van der Waals surface area (Å²) in [5, 5.41) is 0. The summed E-state index contributed by atoms with van der Waals surface area (Å²) in [4.78, 5) is 43.1. The van der Waals surface area contributed by atoms with Crippen LogP contribution in [0.15, 0.2) is 0 Å². The molecule has 0 amide bonds. The van der Waals surface area contributed by atoms with E-state index in [9.17, 15) is 0 Å². The SMILES string of the molecule is C.CCCCCCC.O.O=P(O)(O)O.O=P(O)(O)O. The Balaban J connectivity index is -0.0000000500. The Morgan fingerprint density at radius 1 is 0.684 bits per heavy atom. The van der Waals surface area contributed by atoms with Crippen LogP contribution in [0, 0.1) is 0 Å². The first kappa shape index (κ1) is 31.5. The van der Waals surface area contributed by atoms with Crippen LogP contribution in [0.4, 0.5) is 0 Å². The molecule has 9 nitrogen and oxygen atoms in total. The molecule has 0 saturated carbocycles. The van der Waals surface area contributed by atoms with Crippen molar-refractivity contribution in [1.29, 1.82) is 0 Å². The molecule has 0 aromatic heterocycles. The maximum atomic E-state index is 8.88. The molecule has 124 valence electrons. The molecule has 0 aromatic carbocycles. The predicted octanol–water partition coefficient (Wildman–Crippen LogP) is 0.931. The second-order valence-electron chi connectivity index (χ2n) is 3.09. The quantitative estimate of drug-likeness (QED) is 0.324. The molecule has 0 unspecified atom stereocenters. The lowest BCUT2D eigenvalue weighted by Gasteiger charge is -1.90. The Morgan fingerprint density at radius 3 is 0.947 bits per heavy atom. The van der Waals surface area contributed by atoms with Crippen molar-refractivity contribution in [2.24, 2.45) is 0 Å². The number of unbranched alkanes of at least 4 members (excludes halogenated alkanes) is 4. The van der Waals surface area contributed by atoms with Gasteiger partial charge in [0, 0.05) is 0 Å². The number of rotatable bonds is 4.